The average Bonchev–Trinajstić information content (AvgIpc) is 2.40. The third kappa shape index (κ3) is 5.09. The number of aromatic carboxylic acids is 1. The van der Waals surface area contributed by atoms with Crippen LogP contribution in [-0.4, -0.2) is 37.3 Å². The lowest BCUT2D eigenvalue weighted by Crippen LogP contribution is -3.13. The minimum Gasteiger partial charge on any atom is -1.00 e. The zero-order chi connectivity index (χ0) is 12.8. The van der Waals surface area contributed by atoms with Crippen LogP contribution in [-0.2, 0) is 0 Å². The van der Waals surface area contributed by atoms with Gasteiger partial charge < -0.3 is 27.2 Å². The summed E-state index contributed by atoms with van der Waals surface area (Å²) in [5.74, 6) is -0.157. The Balaban J connectivity index is 0.00000180. The van der Waals surface area contributed by atoms with Crippen molar-refractivity contribution in [2.24, 2.45) is 0 Å². The summed E-state index contributed by atoms with van der Waals surface area (Å²) in [6, 6.07) is 6.58. The van der Waals surface area contributed by atoms with Gasteiger partial charge in [-0.05, 0) is 43.5 Å². The first-order chi connectivity index (χ1) is 8.75. The Bertz CT molecular complexity index is 388. The smallest absolute Gasteiger partial charge is 0.335 e. The van der Waals surface area contributed by atoms with Gasteiger partial charge in [-0.2, -0.15) is 0 Å². The maximum Gasteiger partial charge on any atom is 0.335 e. The number of hydrogen-bond donors (Lipinski definition) is 2. The van der Waals surface area contributed by atoms with Gasteiger partial charge in [-0.1, -0.05) is 0 Å². The molecule has 1 aromatic rings. The number of carbonyl (C=O) groups is 1. The van der Waals surface area contributed by atoms with E-state index >= 15 is 0 Å². The molecule has 0 saturated carbocycles. The van der Waals surface area contributed by atoms with Gasteiger partial charge in [0.15, 0.2) is 0 Å². The number of rotatable bonds is 5. The molecule has 0 spiro atoms. The molecule has 1 saturated heterocycles. The van der Waals surface area contributed by atoms with Crippen LogP contribution in [0.1, 0.15) is 29.6 Å². The molecule has 0 unspecified atom stereocenters. The van der Waals surface area contributed by atoms with E-state index in [1.807, 2.05) is 0 Å². The second kappa shape index (κ2) is 8.02. The van der Waals surface area contributed by atoms with E-state index in [9.17, 15) is 4.79 Å². The Hall–Kier alpha value is -1.26. The summed E-state index contributed by atoms with van der Waals surface area (Å²) in [5, 5.41) is 8.78. The molecule has 2 rings (SSSR count). The minimum absolute atomic E-state index is 0. The maximum absolute atomic E-state index is 10.7. The van der Waals surface area contributed by atoms with Crippen molar-refractivity contribution >= 4 is 5.97 Å². The van der Waals surface area contributed by atoms with E-state index in [1.165, 1.54) is 32.4 Å². The van der Waals surface area contributed by atoms with Crippen molar-refractivity contribution in [3.8, 4) is 5.75 Å². The Morgan fingerprint density at radius 2 is 1.79 bits per heavy atom. The molecule has 0 aromatic heterocycles. The molecule has 1 fully saturated rings. The van der Waals surface area contributed by atoms with Crippen molar-refractivity contribution in [3.05, 3.63) is 29.8 Å². The first-order valence-electron chi connectivity index (χ1n) is 6.55. The van der Waals surface area contributed by atoms with Gasteiger partial charge in [0.2, 0.25) is 0 Å². The van der Waals surface area contributed by atoms with E-state index in [4.69, 9.17) is 9.84 Å². The predicted molar refractivity (Wildman–Crippen MR) is 68.3 cm³/mol. The number of carboxylic acids is 1. The third-order valence-corrected chi connectivity index (χ3v) is 3.39. The number of benzene rings is 1. The molecule has 0 aliphatic carbocycles. The lowest BCUT2D eigenvalue weighted by atomic mass is 10.1. The van der Waals surface area contributed by atoms with E-state index in [-0.39, 0.29) is 12.4 Å². The lowest BCUT2D eigenvalue weighted by molar-refractivity contribution is -0.904. The highest BCUT2D eigenvalue weighted by molar-refractivity contribution is 5.87. The second-order valence-corrected chi connectivity index (χ2v) is 4.74. The number of ether oxygens (including phenoxy) is 1. The van der Waals surface area contributed by atoms with Crippen LogP contribution in [0.15, 0.2) is 24.3 Å². The zero-order valence-corrected chi connectivity index (χ0v) is 11.7. The van der Waals surface area contributed by atoms with Gasteiger partial charge in [0.1, 0.15) is 18.9 Å². The number of piperidine rings is 1. The van der Waals surface area contributed by atoms with Gasteiger partial charge in [0, 0.05) is 0 Å². The van der Waals surface area contributed by atoms with Crippen LogP contribution >= 0.6 is 0 Å². The second-order valence-electron chi connectivity index (χ2n) is 4.74. The topological polar surface area (TPSA) is 51.0 Å². The molecular formula is C14H20ClNO3. The Kier molecular flexibility index (Phi) is 6.67. The molecule has 19 heavy (non-hydrogen) atoms. The molecule has 1 aliphatic heterocycles. The van der Waals surface area contributed by atoms with Crippen LogP contribution in [0, 0.1) is 0 Å². The zero-order valence-electron chi connectivity index (χ0n) is 10.9. The normalized spacial score (nSPS) is 15.6. The van der Waals surface area contributed by atoms with Crippen LogP contribution in [0.5, 0.6) is 5.75 Å². The van der Waals surface area contributed by atoms with Gasteiger partial charge in [-0.15, -0.1) is 0 Å². The first kappa shape index (κ1) is 15.8. The SMILES string of the molecule is O=C(O)c1ccc(OCC[NH+]2CCCCC2)cc1.[Cl-]. The third-order valence-electron chi connectivity index (χ3n) is 3.39. The average molecular weight is 286 g/mol. The standard InChI is InChI=1S/C14H19NO3.ClH/c16-14(17)12-4-6-13(7-5-12)18-11-10-15-8-2-1-3-9-15;/h4-7H,1-3,8-11H2,(H,16,17);1H. The van der Waals surface area contributed by atoms with Gasteiger partial charge >= 0.3 is 5.97 Å². The molecule has 1 heterocycles. The minimum atomic E-state index is -0.903. The number of likely N-dealkylation sites (tertiary alicyclic amines) is 1. The largest absolute Gasteiger partial charge is 1.00 e. The van der Waals surface area contributed by atoms with Crippen molar-refractivity contribution in [3.63, 3.8) is 0 Å². The summed E-state index contributed by atoms with van der Waals surface area (Å²) < 4.78 is 5.63. The Morgan fingerprint density at radius 1 is 1.16 bits per heavy atom. The molecule has 106 valence electrons. The number of halogens is 1. The van der Waals surface area contributed by atoms with Crippen molar-refractivity contribution in [1.29, 1.82) is 0 Å². The first-order valence-corrected chi connectivity index (χ1v) is 6.55. The molecule has 1 aromatic carbocycles. The Labute approximate surface area is 119 Å². The van der Waals surface area contributed by atoms with Crippen LogP contribution in [0.25, 0.3) is 0 Å². The van der Waals surface area contributed by atoms with E-state index < -0.39 is 5.97 Å². The molecule has 1 aliphatic rings. The number of nitrogens with one attached hydrogen (secondary N) is 1. The maximum atomic E-state index is 10.7. The van der Waals surface area contributed by atoms with Gasteiger partial charge in [-0.25, -0.2) is 4.79 Å². The highest BCUT2D eigenvalue weighted by atomic mass is 35.5. The van der Waals surface area contributed by atoms with Gasteiger partial charge in [0.05, 0.1) is 18.7 Å². The molecule has 2 N–H and O–H groups in total. The fraction of sp³-hybridized carbons (Fsp3) is 0.500. The molecule has 0 amide bonds. The van der Waals surface area contributed by atoms with Crippen molar-refractivity contribution in [1.82, 2.24) is 0 Å². The predicted octanol–water partition coefficient (Wildman–Crippen LogP) is -2.16. The summed E-state index contributed by atoms with van der Waals surface area (Å²) in [5.41, 5.74) is 0.295. The molecule has 5 heteroatoms. The summed E-state index contributed by atoms with van der Waals surface area (Å²) >= 11 is 0. The van der Waals surface area contributed by atoms with E-state index in [0.717, 1.165) is 12.3 Å². The highest BCUT2D eigenvalue weighted by Crippen LogP contribution is 2.11. The van der Waals surface area contributed by atoms with Crippen LogP contribution in [0.3, 0.4) is 0 Å². The quantitative estimate of drug-likeness (QED) is 0.648. The fourth-order valence-corrected chi connectivity index (χ4v) is 2.31. The molecule has 0 atom stereocenters. The summed E-state index contributed by atoms with van der Waals surface area (Å²) in [6.07, 6.45) is 4.01. The van der Waals surface area contributed by atoms with Crippen molar-refractivity contribution in [2.75, 3.05) is 26.2 Å². The molecule has 0 bridgehead atoms. The molecule has 0 radical (unpaired) electrons. The van der Waals surface area contributed by atoms with E-state index in [1.54, 1.807) is 29.2 Å². The fourth-order valence-electron chi connectivity index (χ4n) is 2.31. The number of hydrogen-bond acceptors (Lipinski definition) is 2. The van der Waals surface area contributed by atoms with Crippen molar-refractivity contribution < 1.29 is 31.9 Å². The monoisotopic (exact) mass is 285 g/mol. The van der Waals surface area contributed by atoms with Crippen molar-refractivity contribution in [2.45, 2.75) is 19.3 Å². The van der Waals surface area contributed by atoms with Crippen LogP contribution in [0.2, 0.25) is 0 Å². The number of quaternary nitrogens is 1. The van der Waals surface area contributed by atoms with Crippen LogP contribution < -0.4 is 22.0 Å². The lowest BCUT2D eigenvalue weighted by Gasteiger charge is -2.23. The Morgan fingerprint density at radius 3 is 2.37 bits per heavy atom. The molecular weight excluding hydrogens is 266 g/mol. The molecule has 4 nitrogen and oxygen atoms in total. The van der Waals surface area contributed by atoms with E-state index in [2.05, 4.69) is 0 Å². The van der Waals surface area contributed by atoms with E-state index in [0.29, 0.717) is 12.2 Å². The summed E-state index contributed by atoms with van der Waals surface area (Å²) in [7, 11) is 0. The summed E-state index contributed by atoms with van der Waals surface area (Å²) in [6.45, 7) is 4.23. The summed E-state index contributed by atoms with van der Waals surface area (Å²) in [4.78, 5) is 12.3. The van der Waals surface area contributed by atoms with Gasteiger partial charge in [0.25, 0.3) is 0 Å². The van der Waals surface area contributed by atoms with Crippen LogP contribution in [0.4, 0.5) is 0 Å². The highest BCUT2D eigenvalue weighted by Gasteiger charge is 2.12. The number of carboxylic acid groups (broad SMARTS) is 1. The van der Waals surface area contributed by atoms with Gasteiger partial charge in [-0.3, -0.25) is 0 Å².